The van der Waals surface area contributed by atoms with Gasteiger partial charge in [-0.15, -0.1) is 0 Å². The number of benzene rings is 1. The number of ether oxygens (including phenoxy) is 1. The van der Waals surface area contributed by atoms with Crippen LogP contribution >= 0.6 is 15.9 Å². The zero-order valence-electron chi connectivity index (χ0n) is 9.85. The van der Waals surface area contributed by atoms with E-state index in [-0.39, 0.29) is 0 Å². The maximum absolute atomic E-state index is 11.5. The number of hydrogen-bond acceptors (Lipinski definition) is 4. The molecule has 0 aliphatic carbocycles. The summed E-state index contributed by atoms with van der Waals surface area (Å²) in [7, 11) is 1.25. The van der Waals surface area contributed by atoms with Gasteiger partial charge < -0.3 is 15.2 Å². The fourth-order valence-corrected chi connectivity index (χ4v) is 1.91. The van der Waals surface area contributed by atoms with Gasteiger partial charge in [-0.05, 0) is 11.6 Å². The number of halogens is 1. The van der Waals surface area contributed by atoms with Gasteiger partial charge in [-0.2, -0.15) is 0 Å². The summed E-state index contributed by atoms with van der Waals surface area (Å²) in [6.07, 6.45) is 0.292. The molecule has 0 spiro atoms. The van der Waals surface area contributed by atoms with Gasteiger partial charge in [0.15, 0.2) is 0 Å². The molecule has 0 radical (unpaired) electrons. The predicted molar refractivity (Wildman–Crippen MR) is 68.9 cm³/mol. The lowest BCUT2D eigenvalue weighted by Crippen LogP contribution is -2.44. The topological polar surface area (TPSA) is 75.6 Å². The highest BCUT2D eigenvalue weighted by Gasteiger charge is 2.22. The standard InChI is InChI=1S/C12H14BrNO4/c1-18-12(17)10(14-11(16)7-15)6-8-4-2-3-5-9(8)13/h2-5,10,15H,6-7H2,1H3,(H,14,16)/t10-/m1/s1. The van der Waals surface area contributed by atoms with Gasteiger partial charge in [-0.1, -0.05) is 34.1 Å². The summed E-state index contributed by atoms with van der Waals surface area (Å²) < 4.78 is 5.46. The first-order chi connectivity index (χ1) is 8.58. The highest BCUT2D eigenvalue weighted by molar-refractivity contribution is 9.10. The van der Waals surface area contributed by atoms with E-state index in [0.29, 0.717) is 6.42 Å². The fourth-order valence-electron chi connectivity index (χ4n) is 1.46. The molecule has 0 aliphatic rings. The summed E-state index contributed by atoms with van der Waals surface area (Å²) >= 11 is 3.36. The van der Waals surface area contributed by atoms with E-state index in [9.17, 15) is 9.59 Å². The number of aliphatic hydroxyl groups excluding tert-OH is 1. The number of esters is 1. The van der Waals surface area contributed by atoms with E-state index >= 15 is 0 Å². The van der Waals surface area contributed by atoms with Crippen molar-refractivity contribution in [2.45, 2.75) is 12.5 Å². The van der Waals surface area contributed by atoms with Crippen molar-refractivity contribution >= 4 is 27.8 Å². The number of hydrogen-bond donors (Lipinski definition) is 2. The van der Waals surface area contributed by atoms with Gasteiger partial charge in [0.2, 0.25) is 5.91 Å². The van der Waals surface area contributed by atoms with Gasteiger partial charge >= 0.3 is 5.97 Å². The molecule has 0 aliphatic heterocycles. The summed E-state index contributed by atoms with van der Waals surface area (Å²) in [4.78, 5) is 22.7. The van der Waals surface area contributed by atoms with Gasteiger partial charge in [0, 0.05) is 10.9 Å². The van der Waals surface area contributed by atoms with E-state index in [1.54, 1.807) is 0 Å². The average molecular weight is 316 g/mol. The molecule has 18 heavy (non-hydrogen) atoms. The molecular formula is C12H14BrNO4. The van der Waals surface area contributed by atoms with Crippen molar-refractivity contribution in [3.05, 3.63) is 34.3 Å². The Bertz CT molecular complexity index is 436. The molecular weight excluding hydrogens is 302 g/mol. The first-order valence-electron chi connectivity index (χ1n) is 5.30. The predicted octanol–water partition coefficient (Wildman–Crippen LogP) is 0.642. The van der Waals surface area contributed by atoms with Crippen molar-refractivity contribution in [3.63, 3.8) is 0 Å². The van der Waals surface area contributed by atoms with Crippen molar-refractivity contribution < 1.29 is 19.4 Å². The number of methoxy groups -OCH3 is 1. The van der Waals surface area contributed by atoms with Crippen molar-refractivity contribution in [2.24, 2.45) is 0 Å². The maximum atomic E-state index is 11.5. The van der Waals surface area contributed by atoms with E-state index < -0.39 is 24.5 Å². The van der Waals surface area contributed by atoms with E-state index in [4.69, 9.17) is 5.11 Å². The first-order valence-corrected chi connectivity index (χ1v) is 6.09. The summed E-state index contributed by atoms with van der Waals surface area (Å²) in [6.45, 7) is -0.663. The van der Waals surface area contributed by atoms with Crippen LogP contribution < -0.4 is 5.32 Å². The normalized spacial score (nSPS) is 11.7. The Kier molecular flexibility index (Phi) is 5.80. The summed E-state index contributed by atoms with van der Waals surface area (Å²) in [5.74, 6) is -1.16. The van der Waals surface area contributed by atoms with Gasteiger partial charge in [-0.3, -0.25) is 4.79 Å². The number of amides is 1. The molecule has 0 fully saturated rings. The molecule has 1 aromatic carbocycles. The lowest BCUT2D eigenvalue weighted by atomic mass is 10.1. The second-order valence-corrected chi connectivity index (χ2v) is 4.45. The van der Waals surface area contributed by atoms with Gasteiger partial charge in [-0.25, -0.2) is 4.79 Å². The van der Waals surface area contributed by atoms with Crippen LogP contribution in [-0.2, 0) is 20.7 Å². The Hall–Kier alpha value is -1.40. The monoisotopic (exact) mass is 315 g/mol. The Balaban J connectivity index is 2.82. The van der Waals surface area contributed by atoms with Gasteiger partial charge in [0.25, 0.3) is 0 Å². The van der Waals surface area contributed by atoms with E-state index in [2.05, 4.69) is 26.0 Å². The SMILES string of the molecule is COC(=O)[C@@H](Cc1ccccc1Br)NC(=O)CO. The molecule has 98 valence electrons. The van der Waals surface area contributed by atoms with Crippen LogP contribution in [0.5, 0.6) is 0 Å². The Morgan fingerprint density at radius 2 is 2.11 bits per heavy atom. The molecule has 6 heteroatoms. The molecule has 1 rings (SSSR count). The second kappa shape index (κ2) is 7.13. The first kappa shape index (κ1) is 14.7. The molecule has 1 atom stereocenters. The van der Waals surface area contributed by atoms with E-state index in [1.807, 2.05) is 24.3 Å². The molecule has 0 saturated carbocycles. The molecule has 2 N–H and O–H groups in total. The summed E-state index contributed by atoms with van der Waals surface area (Å²) in [5.41, 5.74) is 0.867. The van der Waals surface area contributed by atoms with Crippen LogP contribution in [0.2, 0.25) is 0 Å². The lowest BCUT2D eigenvalue weighted by Gasteiger charge is -2.16. The molecule has 1 aromatic rings. The van der Waals surface area contributed by atoms with Crippen LogP contribution in [0.25, 0.3) is 0 Å². The highest BCUT2D eigenvalue weighted by Crippen LogP contribution is 2.17. The van der Waals surface area contributed by atoms with Crippen molar-refractivity contribution in [1.29, 1.82) is 0 Å². The van der Waals surface area contributed by atoms with E-state index in [0.717, 1.165) is 10.0 Å². The van der Waals surface area contributed by atoms with Crippen LogP contribution in [0, 0.1) is 0 Å². The Morgan fingerprint density at radius 3 is 2.67 bits per heavy atom. The molecule has 0 heterocycles. The molecule has 0 saturated heterocycles. The zero-order valence-corrected chi connectivity index (χ0v) is 11.4. The minimum atomic E-state index is -0.812. The van der Waals surface area contributed by atoms with E-state index in [1.165, 1.54) is 7.11 Å². The minimum absolute atomic E-state index is 0.292. The Labute approximate surface area is 113 Å². The highest BCUT2D eigenvalue weighted by atomic mass is 79.9. The van der Waals surface area contributed by atoms with Crippen LogP contribution in [0.3, 0.4) is 0 Å². The number of rotatable bonds is 5. The maximum Gasteiger partial charge on any atom is 0.328 e. The quantitative estimate of drug-likeness (QED) is 0.782. The molecule has 0 unspecified atom stereocenters. The molecule has 0 bridgehead atoms. The van der Waals surface area contributed by atoms with Crippen molar-refractivity contribution in [1.82, 2.24) is 5.32 Å². The average Bonchev–Trinajstić information content (AvgIpc) is 2.39. The van der Waals surface area contributed by atoms with Crippen LogP contribution in [0.4, 0.5) is 0 Å². The number of carbonyl (C=O) groups excluding carboxylic acids is 2. The Morgan fingerprint density at radius 1 is 1.44 bits per heavy atom. The van der Waals surface area contributed by atoms with Crippen LogP contribution in [-0.4, -0.2) is 36.7 Å². The fraction of sp³-hybridized carbons (Fsp3) is 0.333. The zero-order chi connectivity index (χ0) is 13.5. The largest absolute Gasteiger partial charge is 0.467 e. The second-order valence-electron chi connectivity index (χ2n) is 3.60. The number of aliphatic hydroxyl groups is 1. The van der Waals surface area contributed by atoms with Gasteiger partial charge in [0.1, 0.15) is 12.6 Å². The molecule has 5 nitrogen and oxygen atoms in total. The smallest absolute Gasteiger partial charge is 0.328 e. The third-order valence-corrected chi connectivity index (χ3v) is 3.12. The number of carbonyl (C=O) groups is 2. The van der Waals surface area contributed by atoms with Gasteiger partial charge in [0.05, 0.1) is 7.11 Å². The van der Waals surface area contributed by atoms with Crippen molar-refractivity contribution in [2.75, 3.05) is 13.7 Å². The van der Waals surface area contributed by atoms with Crippen molar-refractivity contribution in [3.8, 4) is 0 Å². The summed E-state index contributed by atoms with van der Waals surface area (Å²) in [5, 5.41) is 11.1. The molecule has 0 aromatic heterocycles. The number of nitrogens with one attached hydrogen (secondary N) is 1. The third-order valence-electron chi connectivity index (χ3n) is 2.35. The summed E-state index contributed by atoms with van der Waals surface area (Å²) in [6, 6.07) is 6.56. The van der Waals surface area contributed by atoms with Crippen LogP contribution in [0.1, 0.15) is 5.56 Å². The van der Waals surface area contributed by atoms with Crippen LogP contribution in [0.15, 0.2) is 28.7 Å². The minimum Gasteiger partial charge on any atom is -0.467 e. The molecule has 1 amide bonds. The third kappa shape index (κ3) is 4.12. The lowest BCUT2D eigenvalue weighted by molar-refractivity contribution is -0.145.